The number of aliphatic hydroxyl groups is 1. The fourth-order valence-corrected chi connectivity index (χ4v) is 4.20. The second kappa shape index (κ2) is 10.3. The van der Waals surface area contributed by atoms with E-state index in [2.05, 4.69) is 37.2 Å². The zero-order chi connectivity index (χ0) is 24.3. The minimum absolute atomic E-state index is 0.0979. The van der Waals surface area contributed by atoms with Gasteiger partial charge >= 0.3 is 14.4 Å². The number of amides is 1. The zero-order valence-corrected chi connectivity index (χ0v) is 22.0. The van der Waals surface area contributed by atoms with Crippen molar-refractivity contribution in [1.29, 1.82) is 0 Å². The maximum atomic E-state index is 12.7. The van der Waals surface area contributed by atoms with E-state index in [1.165, 1.54) is 39.0 Å². The number of halogens is 2. The van der Waals surface area contributed by atoms with Crippen LogP contribution in [0.2, 0.25) is 0 Å². The number of rotatable bonds is 8. The number of ether oxygens (including phenoxy) is 2. The van der Waals surface area contributed by atoms with Crippen LogP contribution in [0.15, 0.2) is 39.3 Å². The molecule has 2 unspecified atom stereocenters. The number of carbonyl (C=O) groups excluding carboxylic acids is 2. The molecule has 0 aliphatic carbocycles. The fourth-order valence-electron chi connectivity index (χ4n) is 2.59. The van der Waals surface area contributed by atoms with Crippen molar-refractivity contribution in [3.63, 3.8) is 0 Å². The number of hydrogen-bond acceptors (Lipinski definition) is 7. The summed E-state index contributed by atoms with van der Waals surface area (Å²) in [5, 5.41) is 21.4. The van der Waals surface area contributed by atoms with Gasteiger partial charge in [-0.2, -0.15) is 0 Å². The molecule has 0 saturated heterocycles. The van der Waals surface area contributed by atoms with Crippen LogP contribution in [0.25, 0.3) is 0 Å². The highest BCUT2D eigenvalue weighted by Gasteiger charge is 2.34. The molecule has 0 aliphatic rings. The number of carbonyl (C=O) groups is 2. The zero-order valence-electron chi connectivity index (χ0n) is 17.8. The Labute approximate surface area is 203 Å². The Morgan fingerprint density at radius 2 is 1.72 bits per heavy atom. The molecule has 2 aromatic rings. The minimum atomic E-state index is -1.53. The van der Waals surface area contributed by atoms with Crippen molar-refractivity contribution in [2.75, 3.05) is 6.61 Å². The molecule has 8 nitrogen and oxygen atoms in total. The monoisotopic (exact) mass is 590 g/mol. The van der Waals surface area contributed by atoms with E-state index in [0.717, 1.165) is 0 Å². The molecule has 0 spiro atoms. The van der Waals surface area contributed by atoms with Gasteiger partial charge in [0.25, 0.3) is 11.2 Å². The number of phenols is 1. The van der Waals surface area contributed by atoms with Gasteiger partial charge in [-0.05, 0) is 83.0 Å². The number of aromatic hydroxyl groups is 1. The number of hydrogen-bond donors (Lipinski definition) is 3. The van der Waals surface area contributed by atoms with Gasteiger partial charge in [0.2, 0.25) is 0 Å². The van der Waals surface area contributed by atoms with Crippen LogP contribution in [0.4, 0.5) is 0 Å². The molecule has 2 atom stereocenters. The molecule has 0 aromatic heterocycles. The highest BCUT2D eigenvalue weighted by molar-refractivity contribution is 9.11. The van der Waals surface area contributed by atoms with E-state index in [1.807, 2.05) is 0 Å². The van der Waals surface area contributed by atoms with Crippen LogP contribution >= 0.6 is 40.3 Å². The molecule has 2 aromatic carbocycles. The Morgan fingerprint density at radius 3 is 2.25 bits per heavy atom. The molecular formula is C21H23Br2NO7P+. The highest BCUT2D eigenvalue weighted by atomic mass is 79.9. The van der Waals surface area contributed by atoms with Crippen molar-refractivity contribution >= 4 is 52.2 Å². The van der Waals surface area contributed by atoms with E-state index in [9.17, 15) is 24.4 Å². The molecule has 0 heterocycles. The molecule has 3 N–H and O–H groups in total. The SMILES string of the molecule is CCOC(=O)C(C)(C)NC(=O)c1cc(Oc2c(Br)cc(C(C)(O)[PH+]=O)cc2Br)ccc1O. The quantitative estimate of drug-likeness (QED) is 0.293. The van der Waals surface area contributed by atoms with Crippen LogP contribution in [0.5, 0.6) is 17.2 Å². The highest BCUT2D eigenvalue weighted by Crippen LogP contribution is 2.42. The minimum Gasteiger partial charge on any atom is -0.507 e. The van der Waals surface area contributed by atoms with Gasteiger partial charge in [0.1, 0.15) is 17.0 Å². The van der Waals surface area contributed by atoms with E-state index in [0.29, 0.717) is 20.3 Å². The Kier molecular flexibility index (Phi) is 8.44. The van der Waals surface area contributed by atoms with Crippen LogP contribution in [0.1, 0.15) is 43.6 Å². The lowest BCUT2D eigenvalue weighted by Crippen LogP contribution is -2.50. The van der Waals surface area contributed by atoms with Crippen molar-refractivity contribution in [2.45, 2.75) is 38.6 Å². The first kappa shape index (κ1) is 26.3. The maximum Gasteiger partial charge on any atom is 0.364 e. The number of benzene rings is 2. The molecule has 32 heavy (non-hydrogen) atoms. The topological polar surface area (TPSA) is 122 Å². The molecule has 11 heteroatoms. The lowest BCUT2D eigenvalue weighted by atomic mass is 10.0. The Balaban J connectivity index is 2.33. The number of nitrogens with one attached hydrogen (secondary N) is 1. The van der Waals surface area contributed by atoms with Crippen LogP contribution < -0.4 is 10.1 Å². The van der Waals surface area contributed by atoms with E-state index in [4.69, 9.17) is 9.47 Å². The number of phenolic OH excluding ortho intramolecular Hbond substituents is 1. The third-order valence-corrected chi connectivity index (χ3v) is 6.27. The van der Waals surface area contributed by atoms with Crippen molar-refractivity contribution in [3.05, 3.63) is 50.4 Å². The normalized spacial score (nSPS) is 13.3. The summed E-state index contributed by atoms with van der Waals surface area (Å²) in [5.41, 5.74) is -1.000. The Bertz CT molecular complexity index is 1030. The van der Waals surface area contributed by atoms with Gasteiger partial charge in [-0.25, -0.2) is 4.79 Å². The average molecular weight is 592 g/mol. The molecule has 2 rings (SSSR count). The van der Waals surface area contributed by atoms with Gasteiger partial charge < -0.3 is 25.0 Å². The first-order valence-corrected chi connectivity index (χ1v) is 11.9. The average Bonchev–Trinajstić information content (AvgIpc) is 2.71. The molecular weight excluding hydrogens is 569 g/mol. The van der Waals surface area contributed by atoms with Crippen LogP contribution in [-0.4, -0.2) is 34.2 Å². The van der Waals surface area contributed by atoms with Crippen molar-refractivity contribution in [1.82, 2.24) is 5.32 Å². The molecule has 0 bridgehead atoms. The molecule has 0 radical (unpaired) electrons. The van der Waals surface area contributed by atoms with Gasteiger partial charge in [-0.15, -0.1) is 0 Å². The Morgan fingerprint density at radius 1 is 1.12 bits per heavy atom. The van der Waals surface area contributed by atoms with Gasteiger partial charge in [0, 0.05) is 12.5 Å². The first-order chi connectivity index (χ1) is 14.8. The number of esters is 1. The van der Waals surface area contributed by atoms with E-state index in [1.54, 1.807) is 19.1 Å². The first-order valence-electron chi connectivity index (χ1n) is 9.44. The molecule has 172 valence electrons. The van der Waals surface area contributed by atoms with Crippen molar-refractivity contribution in [2.24, 2.45) is 0 Å². The summed E-state index contributed by atoms with van der Waals surface area (Å²) in [6.45, 7) is 6.24. The summed E-state index contributed by atoms with van der Waals surface area (Å²) in [4.78, 5) is 24.8. The lowest BCUT2D eigenvalue weighted by Gasteiger charge is -2.24. The van der Waals surface area contributed by atoms with E-state index in [-0.39, 0.29) is 23.7 Å². The van der Waals surface area contributed by atoms with Crippen molar-refractivity contribution < 1.29 is 33.8 Å². The Hall–Kier alpha value is -2.00. The third-order valence-electron chi connectivity index (χ3n) is 4.40. The smallest absolute Gasteiger partial charge is 0.364 e. The second-order valence-corrected chi connectivity index (χ2v) is 10.4. The van der Waals surface area contributed by atoms with Crippen LogP contribution in [0.3, 0.4) is 0 Å². The van der Waals surface area contributed by atoms with E-state index >= 15 is 0 Å². The fraction of sp³-hybridized carbons (Fsp3) is 0.333. The standard InChI is InChI=1S/C21H22Br2NO7P/c1-5-30-19(27)20(2,3)24-18(26)13-10-12(6-7-16(13)25)31-17-14(22)8-11(9-15(17)23)21(4,28)32-29/h6-10,25,28H,5H2,1-4H3,(H,24,26)/p+1. The summed E-state index contributed by atoms with van der Waals surface area (Å²) in [6.07, 6.45) is 0. The molecule has 1 amide bonds. The summed E-state index contributed by atoms with van der Waals surface area (Å²) >= 11 is 6.73. The summed E-state index contributed by atoms with van der Waals surface area (Å²) < 4.78 is 23.0. The summed E-state index contributed by atoms with van der Waals surface area (Å²) in [6, 6.07) is 7.22. The molecule has 0 fully saturated rings. The second-order valence-electron chi connectivity index (χ2n) is 7.52. The molecule has 0 aliphatic heterocycles. The van der Waals surface area contributed by atoms with Gasteiger partial charge in [0.05, 0.1) is 21.1 Å². The van der Waals surface area contributed by atoms with Gasteiger partial charge in [-0.1, -0.05) is 4.57 Å². The summed E-state index contributed by atoms with van der Waals surface area (Å²) in [7, 11) is -0.971. The molecule has 0 saturated carbocycles. The largest absolute Gasteiger partial charge is 0.507 e. The van der Waals surface area contributed by atoms with Crippen LogP contribution in [-0.2, 0) is 19.4 Å². The lowest BCUT2D eigenvalue weighted by molar-refractivity contribution is -0.149. The van der Waals surface area contributed by atoms with Gasteiger partial charge in [-0.3, -0.25) is 4.79 Å². The summed E-state index contributed by atoms with van der Waals surface area (Å²) in [5.74, 6) is -1.03. The maximum absolute atomic E-state index is 12.7. The predicted molar refractivity (Wildman–Crippen MR) is 127 cm³/mol. The van der Waals surface area contributed by atoms with Crippen LogP contribution in [0, 0.1) is 0 Å². The van der Waals surface area contributed by atoms with Gasteiger partial charge in [0.15, 0.2) is 5.75 Å². The third kappa shape index (κ3) is 6.07. The van der Waals surface area contributed by atoms with E-state index < -0.39 is 31.2 Å². The predicted octanol–water partition coefficient (Wildman–Crippen LogP) is 4.97. The van der Waals surface area contributed by atoms with Crippen molar-refractivity contribution in [3.8, 4) is 17.2 Å².